The number of rotatable bonds is 7. The molecule has 1 saturated carbocycles. The zero-order valence-electron chi connectivity index (χ0n) is 16.9. The van der Waals surface area contributed by atoms with Crippen molar-refractivity contribution in [3.63, 3.8) is 0 Å². The van der Waals surface area contributed by atoms with E-state index in [-0.39, 0.29) is 34.7 Å². The third-order valence-electron chi connectivity index (χ3n) is 5.25. The number of ether oxygens (including phenoxy) is 1. The van der Waals surface area contributed by atoms with E-state index in [2.05, 4.69) is 4.72 Å². The number of carbonyl (C=O) groups excluding carboxylic acids is 2. The van der Waals surface area contributed by atoms with Crippen molar-refractivity contribution in [3.8, 4) is 0 Å². The molecule has 160 valence electrons. The fourth-order valence-corrected chi connectivity index (χ4v) is 4.58. The predicted molar refractivity (Wildman–Crippen MR) is 114 cm³/mol. The van der Waals surface area contributed by atoms with Crippen molar-refractivity contribution in [1.29, 1.82) is 0 Å². The van der Waals surface area contributed by atoms with Crippen LogP contribution in [0.2, 0.25) is 0 Å². The van der Waals surface area contributed by atoms with E-state index in [0.717, 1.165) is 25.7 Å². The van der Waals surface area contributed by atoms with Crippen LogP contribution in [0, 0.1) is 0 Å². The van der Waals surface area contributed by atoms with Crippen LogP contribution in [0.1, 0.15) is 42.5 Å². The molecule has 1 aliphatic rings. The molecule has 2 aromatic rings. The van der Waals surface area contributed by atoms with E-state index in [1.807, 2.05) is 0 Å². The number of sulfonamides is 1. The number of benzene rings is 2. The molecule has 1 fully saturated rings. The molecule has 0 unspecified atom stereocenters. The zero-order chi connectivity index (χ0) is 21.6. The van der Waals surface area contributed by atoms with Crippen molar-refractivity contribution >= 4 is 27.6 Å². The number of likely N-dealkylation sites (N-methyl/N-ethyl adjacent to an activating group) is 1. The highest BCUT2D eigenvalue weighted by Crippen LogP contribution is 2.22. The van der Waals surface area contributed by atoms with Crippen LogP contribution >= 0.6 is 0 Å². The predicted octanol–water partition coefficient (Wildman–Crippen LogP) is 3.44. The molecule has 2 aromatic carbocycles. The lowest BCUT2D eigenvalue weighted by atomic mass is 9.94. The van der Waals surface area contributed by atoms with Gasteiger partial charge in [0.05, 0.1) is 10.5 Å². The Bertz CT molecular complexity index is 986. The molecule has 8 heteroatoms. The Labute approximate surface area is 177 Å². The number of nitrogens with one attached hydrogen (secondary N) is 1. The summed E-state index contributed by atoms with van der Waals surface area (Å²) < 4.78 is 32.5. The summed E-state index contributed by atoms with van der Waals surface area (Å²) in [4.78, 5) is 26.5. The van der Waals surface area contributed by atoms with Crippen molar-refractivity contribution in [2.24, 2.45) is 0 Å². The molecule has 1 aliphatic carbocycles. The lowest BCUT2D eigenvalue weighted by molar-refractivity contribution is -0.135. The van der Waals surface area contributed by atoms with Gasteiger partial charge in [-0.05, 0) is 43.2 Å². The zero-order valence-corrected chi connectivity index (χ0v) is 17.7. The number of amides is 1. The lowest BCUT2D eigenvalue weighted by Gasteiger charge is -2.31. The van der Waals surface area contributed by atoms with Gasteiger partial charge in [0, 0.05) is 18.8 Å². The summed E-state index contributed by atoms with van der Waals surface area (Å²) in [6, 6.07) is 14.1. The Hall–Kier alpha value is -2.87. The van der Waals surface area contributed by atoms with Crippen LogP contribution in [0.15, 0.2) is 59.5 Å². The van der Waals surface area contributed by atoms with E-state index in [9.17, 15) is 18.0 Å². The van der Waals surface area contributed by atoms with Crippen LogP contribution < -0.4 is 4.72 Å². The summed E-state index contributed by atoms with van der Waals surface area (Å²) in [5, 5.41) is 0. The number of carbonyl (C=O) groups is 2. The van der Waals surface area contributed by atoms with Crippen LogP contribution in [0.25, 0.3) is 0 Å². The second kappa shape index (κ2) is 9.75. The Balaban J connectivity index is 1.60. The Morgan fingerprint density at radius 2 is 1.73 bits per heavy atom. The van der Waals surface area contributed by atoms with Gasteiger partial charge < -0.3 is 9.64 Å². The largest absolute Gasteiger partial charge is 0.452 e. The molecule has 0 bridgehead atoms. The Morgan fingerprint density at radius 1 is 1.03 bits per heavy atom. The fraction of sp³-hybridized carbons (Fsp3) is 0.364. The van der Waals surface area contributed by atoms with Crippen LogP contribution in [0.4, 0.5) is 5.69 Å². The third kappa shape index (κ3) is 5.60. The molecule has 30 heavy (non-hydrogen) atoms. The van der Waals surface area contributed by atoms with Crippen molar-refractivity contribution in [1.82, 2.24) is 4.90 Å². The topological polar surface area (TPSA) is 92.8 Å². The third-order valence-corrected chi connectivity index (χ3v) is 6.64. The molecule has 0 aliphatic heterocycles. The molecule has 0 spiro atoms. The van der Waals surface area contributed by atoms with Crippen molar-refractivity contribution < 1.29 is 22.7 Å². The summed E-state index contributed by atoms with van der Waals surface area (Å²) >= 11 is 0. The van der Waals surface area contributed by atoms with E-state index in [1.165, 1.54) is 30.7 Å². The molecule has 1 amide bonds. The quantitative estimate of drug-likeness (QED) is 0.680. The van der Waals surface area contributed by atoms with Gasteiger partial charge in [-0.25, -0.2) is 13.2 Å². The number of nitrogens with zero attached hydrogens (tertiary/aromatic N) is 1. The monoisotopic (exact) mass is 430 g/mol. The summed E-state index contributed by atoms with van der Waals surface area (Å²) in [5.74, 6) is -0.919. The van der Waals surface area contributed by atoms with Crippen LogP contribution in [0.5, 0.6) is 0 Å². The number of esters is 1. The molecular formula is C22H26N2O5S. The molecule has 0 aromatic heterocycles. The van der Waals surface area contributed by atoms with Crippen LogP contribution in [-0.4, -0.2) is 44.9 Å². The van der Waals surface area contributed by atoms with E-state index in [1.54, 1.807) is 42.3 Å². The first-order valence-corrected chi connectivity index (χ1v) is 11.5. The smallest absolute Gasteiger partial charge is 0.338 e. The molecule has 0 atom stereocenters. The molecular weight excluding hydrogens is 404 g/mol. The summed E-state index contributed by atoms with van der Waals surface area (Å²) in [6.45, 7) is -0.341. The first kappa shape index (κ1) is 21.8. The van der Waals surface area contributed by atoms with E-state index < -0.39 is 16.0 Å². The van der Waals surface area contributed by atoms with Crippen molar-refractivity contribution in [2.75, 3.05) is 18.4 Å². The van der Waals surface area contributed by atoms with Gasteiger partial charge in [-0.3, -0.25) is 9.52 Å². The van der Waals surface area contributed by atoms with E-state index >= 15 is 0 Å². The average Bonchev–Trinajstić information content (AvgIpc) is 2.77. The second-order valence-electron chi connectivity index (χ2n) is 7.37. The highest BCUT2D eigenvalue weighted by Gasteiger charge is 2.23. The molecule has 7 nitrogen and oxygen atoms in total. The number of hydrogen-bond acceptors (Lipinski definition) is 5. The maximum Gasteiger partial charge on any atom is 0.338 e. The molecule has 0 saturated heterocycles. The normalized spacial score (nSPS) is 14.7. The first-order valence-electron chi connectivity index (χ1n) is 9.97. The van der Waals surface area contributed by atoms with Crippen molar-refractivity contribution in [3.05, 3.63) is 60.2 Å². The Kier molecular flexibility index (Phi) is 7.10. The average molecular weight is 431 g/mol. The van der Waals surface area contributed by atoms with Gasteiger partial charge in [0.2, 0.25) is 0 Å². The minimum atomic E-state index is -3.77. The summed E-state index contributed by atoms with van der Waals surface area (Å²) in [5.41, 5.74) is 0.398. The van der Waals surface area contributed by atoms with Gasteiger partial charge in [0.25, 0.3) is 15.9 Å². The van der Waals surface area contributed by atoms with Gasteiger partial charge in [0.1, 0.15) is 0 Å². The van der Waals surface area contributed by atoms with Gasteiger partial charge in [-0.15, -0.1) is 0 Å². The highest BCUT2D eigenvalue weighted by molar-refractivity contribution is 7.92. The Morgan fingerprint density at radius 3 is 2.43 bits per heavy atom. The second-order valence-corrected chi connectivity index (χ2v) is 9.05. The van der Waals surface area contributed by atoms with Crippen LogP contribution in [-0.2, 0) is 19.6 Å². The number of anilines is 1. The fourth-order valence-electron chi connectivity index (χ4n) is 3.51. The highest BCUT2D eigenvalue weighted by atomic mass is 32.2. The van der Waals surface area contributed by atoms with Gasteiger partial charge >= 0.3 is 5.97 Å². The first-order chi connectivity index (χ1) is 14.4. The SMILES string of the molecule is CN(C(=O)COC(=O)c1cccc(NS(=O)(=O)c2ccccc2)c1)C1CCCCC1. The summed E-state index contributed by atoms with van der Waals surface area (Å²) in [6.07, 6.45) is 5.35. The lowest BCUT2D eigenvalue weighted by Crippen LogP contribution is -2.40. The number of hydrogen-bond donors (Lipinski definition) is 1. The molecule has 1 N–H and O–H groups in total. The summed E-state index contributed by atoms with van der Waals surface area (Å²) in [7, 11) is -2.03. The van der Waals surface area contributed by atoms with Gasteiger partial charge in [0.15, 0.2) is 6.61 Å². The van der Waals surface area contributed by atoms with Gasteiger partial charge in [-0.1, -0.05) is 43.5 Å². The maximum atomic E-state index is 12.4. The van der Waals surface area contributed by atoms with E-state index in [4.69, 9.17) is 4.74 Å². The molecule has 3 rings (SSSR count). The van der Waals surface area contributed by atoms with Crippen molar-refractivity contribution in [2.45, 2.75) is 43.0 Å². The maximum absolute atomic E-state index is 12.4. The minimum absolute atomic E-state index is 0.120. The standard InChI is InChI=1S/C22H26N2O5S/c1-24(19-11-4-2-5-12-19)21(25)16-29-22(26)17-9-8-10-18(15-17)23-30(27,28)20-13-6-3-7-14-20/h3,6-10,13-15,19,23H,2,4-5,11-12,16H2,1H3. The molecule has 0 radical (unpaired) electrons. The van der Waals surface area contributed by atoms with Crippen LogP contribution in [0.3, 0.4) is 0 Å². The van der Waals surface area contributed by atoms with Gasteiger partial charge in [-0.2, -0.15) is 0 Å². The molecule has 0 heterocycles. The van der Waals surface area contributed by atoms with E-state index in [0.29, 0.717) is 0 Å². The minimum Gasteiger partial charge on any atom is -0.452 e.